The van der Waals surface area contributed by atoms with E-state index in [0.29, 0.717) is 7.11 Å². The van der Waals surface area contributed by atoms with E-state index in [1.807, 2.05) is 0 Å². The Morgan fingerprint density at radius 2 is 1.67 bits per heavy atom. The highest BCUT2D eigenvalue weighted by Gasteiger charge is 2.46. The zero-order valence-electron chi connectivity index (χ0n) is 4.27. The van der Waals surface area contributed by atoms with Crippen molar-refractivity contribution < 1.29 is 25.8 Å². The van der Waals surface area contributed by atoms with E-state index in [2.05, 4.69) is 4.18 Å². The van der Waals surface area contributed by atoms with Gasteiger partial charge in [-0.25, -0.2) is 0 Å². The Morgan fingerprint density at radius 1 is 1.33 bits per heavy atom. The molecule has 0 saturated carbocycles. The second-order valence-corrected chi connectivity index (χ2v) is 2.77. The minimum absolute atomic E-state index is 0.447. The van der Waals surface area contributed by atoms with E-state index in [1.54, 1.807) is 0 Å². The number of hydrogen-bond donors (Lipinski definition) is 0. The molecule has 0 spiro atoms. The average molecular weight is 163 g/mol. The van der Waals surface area contributed by atoms with Crippen LogP contribution >= 0.6 is 0 Å². The molecule has 0 aliphatic rings. The summed E-state index contributed by atoms with van der Waals surface area (Å²) in [5, 5.41) is 0. The molecule has 0 amide bonds. The van der Waals surface area contributed by atoms with E-state index in [4.69, 9.17) is 0 Å². The lowest BCUT2D eigenvalue weighted by Gasteiger charge is -2.02. The van der Waals surface area contributed by atoms with Crippen molar-refractivity contribution in [2.45, 2.75) is 5.51 Å². The Bertz CT molecular complexity index is 178. The van der Waals surface area contributed by atoms with Crippen LogP contribution in [0.1, 0.15) is 0 Å². The van der Waals surface area contributed by atoms with Gasteiger partial charge in [-0.3, -0.25) is 4.18 Å². The third-order valence-corrected chi connectivity index (χ3v) is 1.51. The molecule has 0 aliphatic heterocycles. The third-order valence-electron chi connectivity index (χ3n) is 0.503. The van der Waals surface area contributed by atoms with Gasteiger partial charge in [-0.05, 0) is 0 Å². The fraction of sp³-hybridized carbons (Fsp3) is 1.00. The van der Waals surface area contributed by atoms with E-state index in [9.17, 15) is 21.6 Å². The number of alkyl halides is 3. The Balaban J connectivity index is 4.57. The van der Waals surface area contributed by atoms with Gasteiger partial charge in [0.15, 0.2) is 0 Å². The average Bonchev–Trinajstić information content (AvgIpc) is 1.64. The van der Waals surface area contributed by atoms with Crippen LogP contribution in [0, 0.1) is 0 Å². The van der Waals surface area contributed by atoms with Crippen molar-refractivity contribution in [1.29, 1.82) is 0 Å². The van der Waals surface area contributed by atoms with E-state index in [0.717, 1.165) is 0 Å². The molecule has 0 rings (SSSR count). The van der Waals surface area contributed by atoms with E-state index in [1.165, 1.54) is 0 Å². The zero-order valence-corrected chi connectivity index (χ0v) is 5.08. The van der Waals surface area contributed by atoms with Crippen molar-refractivity contribution in [2.75, 3.05) is 7.11 Å². The molecule has 0 aromatic heterocycles. The minimum atomic E-state index is -5.34. The molecule has 0 atom stereocenters. The van der Waals surface area contributed by atoms with Crippen LogP contribution in [0.5, 0.6) is 0 Å². The van der Waals surface area contributed by atoms with Crippen LogP contribution in [0.15, 0.2) is 0 Å². The first-order chi connectivity index (χ1) is 3.81. The SMILES string of the molecule is [11CH3]OS(=O)(=O)C(F)(F)F. The predicted octanol–water partition coefficient (Wildman–Crippen LogP) is 0.482. The lowest BCUT2D eigenvalue weighted by Crippen LogP contribution is -2.23. The monoisotopic (exact) mass is 163 g/mol. The summed E-state index contributed by atoms with van der Waals surface area (Å²) in [6.45, 7) is 0. The highest BCUT2D eigenvalue weighted by Crippen LogP contribution is 2.23. The molecule has 0 radical (unpaired) electrons. The second-order valence-electron chi connectivity index (χ2n) is 1.07. The van der Waals surface area contributed by atoms with Gasteiger partial charge in [0.05, 0.1) is 7.11 Å². The lowest BCUT2D eigenvalue weighted by atomic mass is 10.8. The minimum Gasteiger partial charge on any atom is -0.267 e. The topological polar surface area (TPSA) is 43.4 Å². The molecule has 0 saturated heterocycles. The number of rotatable bonds is 1. The Labute approximate surface area is 49.5 Å². The highest BCUT2D eigenvalue weighted by molar-refractivity contribution is 7.87. The molecule has 0 aromatic rings. The molecule has 0 bridgehead atoms. The summed E-state index contributed by atoms with van der Waals surface area (Å²) in [7, 11) is -4.89. The molecule has 9 heavy (non-hydrogen) atoms. The van der Waals surface area contributed by atoms with Gasteiger partial charge in [0.25, 0.3) is 0 Å². The van der Waals surface area contributed by atoms with Crippen LogP contribution < -0.4 is 0 Å². The summed E-state index contributed by atoms with van der Waals surface area (Å²) in [5.41, 5.74) is -5.30. The smallest absolute Gasteiger partial charge is 0.267 e. The third kappa shape index (κ3) is 1.83. The predicted molar refractivity (Wildman–Crippen MR) is 22.0 cm³/mol. The molecular weight excluding hydrogens is 160 g/mol. The van der Waals surface area contributed by atoms with Crippen molar-refractivity contribution in [3.63, 3.8) is 0 Å². The first kappa shape index (κ1) is 8.70. The van der Waals surface area contributed by atoms with Crippen LogP contribution in [0.3, 0.4) is 0 Å². The number of halogens is 3. The summed E-state index contributed by atoms with van der Waals surface area (Å²) in [4.78, 5) is 0. The molecule has 0 unspecified atom stereocenters. The standard InChI is InChI=1S/C2H3F3O3S/c1-8-9(6,7)2(3,4)5/h1H3/i1-1. The normalized spacial score (nSPS) is 13.8. The number of hydrogen-bond acceptors (Lipinski definition) is 3. The fourth-order valence-corrected chi connectivity index (χ4v) is 0.283. The molecule has 0 fully saturated rings. The molecule has 0 aliphatic carbocycles. The second kappa shape index (κ2) is 2.14. The van der Waals surface area contributed by atoms with Crippen LogP contribution in [0.2, 0.25) is 0 Å². The van der Waals surface area contributed by atoms with Crippen molar-refractivity contribution >= 4 is 10.1 Å². The molecule has 3 nitrogen and oxygen atoms in total. The van der Waals surface area contributed by atoms with Gasteiger partial charge < -0.3 is 0 Å². The molecular formula is C2H3F3O3S. The quantitative estimate of drug-likeness (QED) is 0.417. The van der Waals surface area contributed by atoms with Gasteiger partial charge in [0.2, 0.25) is 0 Å². The van der Waals surface area contributed by atoms with Gasteiger partial charge in [0, 0.05) is 0 Å². The molecule has 0 N–H and O–H groups in total. The zero-order chi connectivity index (χ0) is 7.71. The van der Waals surface area contributed by atoms with Crippen molar-refractivity contribution in [3.8, 4) is 0 Å². The van der Waals surface area contributed by atoms with Crippen molar-refractivity contribution in [2.24, 2.45) is 0 Å². The maximum Gasteiger partial charge on any atom is 0.523 e. The lowest BCUT2D eigenvalue weighted by molar-refractivity contribution is -0.0526. The van der Waals surface area contributed by atoms with Gasteiger partial charge in [-0.15, -0.1) is 0 Å². The molecule has 0 aromatic carbocycles. The first-order valence-electron chi connectivity index (χ1n) is 1.68. The summed E-state index contributed by atoms with van der Waals surface area (Å²) < 4.78 is 55.9. The van der Waals surface area contributed by atoms with E-state index >= 15 is 0 Å². The first-order valence-corrected chi connectivity index (χ1v) is 3.09. The Kier molecular flexibility index (Phi) is 2.07. The van der Waals surface area contributed by atoms with Crippen LogP contribution in [0.25, 0.3) is 0 Å². The maximum atomic E-state index is 11.1. The molecule has 7 heteroatoms. The van der Waals surface area contributed by atoms with Gasteiger partial charge in [0.1, 0.15) is 0 Å². The van der Waals surface area contributed by atoms with Gasteiger partial charge in [-0.1, -0.05) is 0 Å². The van der Waals surface area contributed by atoms with Crippen LogP contribution in [-0.4, -0.2) is 21.0 Å². The van der Waals surface area contributed by atoms with E-state index < -0.39 is 15.6 Å². The summed E-state index contributed by atoms with van der Waals surface area (Å²) in [6.07, 6.45) is 0. The molecule has 56 valence electrons. The van der Waals surface area contributed by atoms with Crippen molar-refractivity contribution in [3.05, 3.63) is 0 Å². The fourth-order valence-electron chi connectivity index (χ4n) is 0.0945. The van der Waals surface area contributed by atoms with Crippen LogP contribution in [0.4, 0.5) is 13.2 Å². The molecule has 0 heterocycles. The summed E-state index contributed by atoms with van der Waals surface area (Å²) >= 11 is 0. The van der Waals surface area contributed by atoms with Gasteiger partial charge in [-0.2, -0.15) is 21.6 Å². The van der Waals surface area contributed by atoms with Crippen molar-refractivity contribution in [1.82, 2.24) is 0 Å². The van der Waals surface area contributed by atoms with Crippen LogP contribution in [-0.2, 0) is 14.3 Å². The largest absolute Gasteiger partial charge is 0.523 e. The Hall–Kier alpha value is -0.300. The van der Waals surface area contributed by atoms with Gasteiger partial charge >= 0.3 is 15.6 Å². The maximum absolute atomic E-state index is 11.1. The Morgan fingerprint density at radius 3 is 1.67 bits per heavy atom. The highest BCUT2D eigenvalue weighted by atomic mass is 32.2. The summed E-state index contributed by atoms with van der Waals surface area (Å²) in [6, 6.07) is 0. The summed E-state index contributed by atoms with van der Waals surface area (Å²) in [5.74, 6) is 0. The van der Waals surface area contributed by atoms with E-state index in [-0.39, 0.29) is 0 Å².